The van der Waals surface area contributed by atoms with Gasteiger partial charge in [-0.25, -0.2) is 18.1 Å². The van der Waals surface area contributed by atoms with E-state index >= 15 is 0 Å². The van der Waals surface area contributed by atoms with Crippen molar-refractivity contribution in [3.8, 4) is 5.88 Å². The number of benzene rings is 1. The first-order valence-electron chi connectivity index (χ1n) is 10.1. The van der Waals surface area contributed by atoms with Crippen LogP contribution in [0, 0.1) is 11.6 Å². The van der Waals surface area contributed by atoms with E-state index < -0.39 is 11.6 Å². The summed E-state index contributed by atoms with van der Waals surface area (Å²) in [6, 6.07) is 5.87. The summed E-state index contributed by atoms with van der Waals surface area (Å²) in [7, 11) is 3.51. The number of aromatic nitrogens is 2. The largest absolute Gasteiger partial charge is 0.481 e. The Balaban J connectivity index is 1.52. The van der Waals surface area contributed by atoms with Gasteiger partial charge in [0.1, 0.15) is 5.82 Å². The number of nitrogens with one attached hydrogen (secondary N) is 2. The number of rotatable bonds is 11. The van der Waals surface area contributed by atoms with Crippen molar-refractivity contribution < 1.29 is 13.5 Å². The molecular weight excluding hydrogens is 442 g/mol. The first-order chi connectivity index (χ1) is 15.1. The maximum Gasteiger partial charge on any atom is 0.219 e. The minimum absolute atomic E-state index is 0.221. The maximum absolute atomic E-state index is 13.9. The molecule has 0 radical (unpaired) electrons. The third-order valence-electron chi connectivity index (χ3n) is 4.79. The zero-order chi connectivity index (χ0) is 22.1. The Kier molecular flexibility index (Phi) is 9.59. The molecule has 0 amide bonds. The number of methoxy groups -OCH3 is 1. The average Bonchev–Trinajstić information content (AvgIpc) is 2.79. The summed E-state index contributed by atoms with van der Waals surface area (Å²) in [4.78, 5) is 11.3. The molecule has 0 unspecified atom stereocenters. The lowest BCUT2D eigenvalue weighted by Crippen LogP contribution is -2.44. The summed E-state index contributed by atoms with van der Waals surface area (Å²) >= 11 is 2.73. The summed E-state index contributed by atoms with van der Waals surface area (Å²) in [6.45, 7) is 6.14. The van der Waals surface area contributed by atoms with Gasteiger partial charge in [0.15, 0.2) is 16.8 Å². The van der Waals surface area contributed by atoms with Gasteiger partial charge in [-0.05, 0) is 32.6 Å². The van der Waals surface area contributed by atoms with E-state index in [9.17, 15) is 8.78 Å². The van der Waals surface area contributed by atoms with Crippen molar-refractivity contribution in [2.45, 2.75) is 17.3 Å². The van der Waals surface area contributed by atoms with Crippen LogP contribution >= 0.6 is 23.9 Å². The lowest BCUT2D eigenvalue weighted by atomic mass is 10.2. The number of halogens is 2. The maximum atomic E-state index is 13.9. The summed E-state index contributed by atoms with van der Waals surface area (Å²) in [5, 5.41) is 3.61. The van der Waals surface area contributed by atoms with Crippen LogP contribution in [0.25, 0.3) is 0 Å². The number of thioether (sulfide) groups is 1. The zero-order valence-electron chi connectivity index (χ0n) is 17.7. The SMILES string of the molecule is CNCCCN1CCN(SNc2cc(OC)nc(SCc3cccc(F)c3F)n2)CC1. The van der Waals surface area contributed by atoms with Crippen LogP contribution in [0.15, 0.2) is 29.4 Å². The van der Waals surface area contributed by atoms with Crippen LogP contribution in [0.1, 0.15) is 12.0 Å². The number of hydrogen-bond acceptors (Lipinski definition) is 9. The highest BCUT2D eigenvalue weighted by atomic mass is 32.2. The molecule has 3 rings (SSSR count). The number of hydrogen-bond donors (Lipinski definition) is 2. The molecule has 7 nitrogen and oxygen atoms in total. The normalized spacial score (nSPS) is 15.2. The van der Waals surface area contributed by atoms with Crippen molar-refractivity contribution in [1.29, 1.82) is 0 Å². The van der Waals surface area contributed by atoms with Crippen LogP contribution in [0.5, 0.6) is 5.88 Å². The zero-order valence-corrected chi connectivity index (χ0v) is 19.4. The van der Waals surface area contributed by atoms with Gasteiger partial charge in [0.05, 0.1) is 7.11 Å². The fourth-order valence-corrected chi connectivity index (χ4v) is 4.56. The van der Waals surface area contributed by atoms with Gasteiger partial charge in [0.25, 0.3) is 0 Å². The quantitative estimate of drug-likeness (QED) is 0.223. The van der Waals surface area contributed by atoms with Crippen LogP contribution in [0.3, 0.4) is 0 Å². The molecule has 1 aromatic heterocycles. The van der Waals surface area contributed by atoms with E-state index in [1.165, 1.54) is 37.1 Å². The van der Waals surface area contributed by atoms with Gasteiger partial charge < -0.3 is 19.7 Å². The molecule has 1 aliphatic rings. The molecule has 0 atom stereocenters. The van der Waals surface area contributed by atoms with Gasteiger partial charge in [0.2, 0.25) is 5.88 Å². The first kappa shape index (κ1) is 24.0. The van der Waals surface area contributed by atoms with Gasteiger partial charge in [-0.3, -0.25) is 0 Å². The van der Waals surface area contributed by atoms with Crippen molar-refractivity contribution >= 4 is 29.7 Å². The fraction of sp³-hybridized carbons (Fsp3) is 0.500. The molecule has 0 saturated carbocycles. The van der Waals surface area contributed by atoms with Crippen LogP contribution in [0.4, 0.5) is 14.6 Å². The molecule has 0 bridgehead atoms. The summed E-state index contributed by atoms with van der Waals surface area (Å²) in [5.74, 6) is -0.452. The molecule has 2 heterocycles. The van der Waals surface area contributed by atoms with Crippen molar-refractivity contribution in [2.75, 3.05) is 58.1 Å². The first-order valence-corrected chi connectivity index (χ1v) is 11.9. The van der Waals surface area contributed by atoms with Crippen molar-refractivity contribution in [2.24, 2.45) is 0 Å². The molecule has 170 valence electrons. The highest BCUT2D eigenvalue weighted by Gasteiger charge is 2.17. The Morgan fingerprint density at radius 1 is 1.16 bits per heavy atom. The number of anilines is 1. The monoisotopic (exact) mass is 470 g/mol. The predicted octanol–water partition coefficient (Wildman–Crippen LogP) is 3.26. The number of ether oxygens (including phenoxy) is 1. The third-order valence-corrected chi connectivity index (χ3v) is 6.61. The van der Waals surface area contributed by atoms with Crippen LogP contribution < -0.4 is 14.8 Å². The van der Waals surface area contributed by atoms with E-state index in [-0.39, 0.29) is 11.3 Å². The number of nitrogens with zero attached hydrogens (tertiary/aromatic N) is 4. The van der Waals surface area contributed by atoms with E-state index in [0.717, 1.165) is 51.8 Å². The second kappa shape index (κ2) is 12.4. The topological polar surface area (TPSA) is 65.5 Å². The van der Waals surface area contributed by atoms with Crippen LogP contribution in [-0.4, -0.2) is 72.6 Å². The molecule has 31 heavy (non-hydrogen) atoms. The smallest absolute Gasteiger partial charge is 0.219 e. The lowest BCUT2D eigenvalue weighted by molar-refractivity contribution is 0.195. The molecule has 1 aliphatic heterocycles. The highest BCUT2D eigenvalue weighted by molar-refractivity contribution is 7.98. The van der Waals surface area contributed by atoms with Gasteiger partial charge in [0, 0.05) is 55.7 Å². The predicted molar refractivity (Wildman–Crippen MR) is 122 cm³/mol. The molecule has 11 heteroatoms. The summed E-state index contributed by atoms with van der Waals surface area (Å²) < 4.78 is 38.1. The average molecular weight is 471 g/mol. The van der Waals surface area contributed by atoms with Gasteiger partial charge in [-0.2, -0.15) is 4.98 Å². The Labute approximate surface area is 190 Å². The Morgan fingerprint density at radius 2 is 1.97 bits per heavy atom. The van der Waals surface area contributed by atoms with E-state index in [4.69, 9.17) is 4.74 Å². The molecular formula is C20H28F2N6OS2. The molecule has 0 aliphatic carbocycles. The highest BCUT2D eigenvalue weighted by Crippen LogP contribution is 2.27. The molecule has 1 saturated heterocycles. The van der Waals surface area contributed by atoms with Gasteiger partial charge in [-0.15, -0.1) is 0 Å². The molecule has 2 N–H and O–H groups in total. The third kappa shape index (κ3) is 7.46. The minimum atomic E-state index is -0.856. The van der Waals surface area contributed by atoms with Crippen LogP contribution in [-0.2, 0) is 5.75 Å². The summed E-state index contributed by atoms with van der Waals surface area (Å²) in [5.41, 5.74) is 0.271. The Bertz CT molecular complexity index is 839. The molecule has 2 aromatic rings. The lowest BCUT2D eigenvalue weighted by Gasteiger charge is -2.33. The van der Waals surface area contributed by atoms with Crippen molar-refractivity contribution in [3.63, 3.8) is 0 Å². The second-order valence-corrected chi connectivity index (χ2v) is 8.85. The van der Waals surface area contributed by atoms with Crippen molar-refractivity contribution in [1.82, 2.24) is 24.5 Å². The molecule has 1 aromatic carbocycles. The molecule has 1 fully saturated rings. The fourth-order valence-electron chi connectivity index (χ4n) is 3.06. The summed E-state index contributed by atoms with van der Waals surface area (Å²) in [6.07, 6.45) is 1.16. The van der Waals surface area contributed by atoms with E-state index in [0.29, 0.717) is 16.9 Å². The molecule has 0 spiro atoms. The van der Waals surface area contributed by atoms with Gasteiger partial charge in [-0.1, -0.05) is 23.9 Å². The van der Waals surface area contributed by atoms with Gasteiger partial charge >= 0.3 is 0 Å². The van der Waals surface area contributed by atoms with E-state index in [1.807, 2.05) is 7.05 Å². The Morgan fingerprint density at radius 3 is 2.71 bits per heavy atom. The van der Waals surface area contributed by atoms with E-state index in [2.05, 4.69) is 29.2 Å². The Hall–Kier alpha value is -1.66. The second-order valence-electron chi connectivity index (χ2n) is 7.00. The van der Waals surface area contributed by atoms with E-state index in [1.54, 1.807) is 12.1 Å². The number of piperazine rings is 1. The minimum Gasteiger partial charge on any atom is -0.481 e. The van der Waals surface area contributed by atoms with Crippen LogP contribution in [0.2, 0.25) is 0 Å². The standard InChI is InChI=1S/C20H28F2N6OS2/c1-23-7-4-8-27-9-11-28(12-10-27)31-26-17-13-18(29-2)25-20(24-17)30-14-15-5-3-6-16(21)19(15)22/h3,5-6,13,23H,4,7-12,14H2,1-2H3,(H,24,25,26). The van der Waals surface area contributed by atoms with Crippen molar-refractivity contribution in [3.05, 3.63) is 41.5 Å².